The molecule has 1 amide bonds. The standard InChI is InChI=1S/C25H28Cl2N4O4/c1-13-11-31(24(33)35-25(2,3)4)12-17(13)30-23-28-10-15-8-14(6-7-16(15)29-23)20-21(26)18(32)9-19(34-5)22(20)27/h6-10,13,17,32H,11-12H2,1-5H3,(H,28,29,30)/t13-,17-/m1/s1. The van der Waals surface area contributed by atoms with Crippen molar-refractivity contribution in [3.63, 3.8) is 0 Å². The fourth-order valence-corrected chi connectivity index (χ4v) is 4.70. The Morgan fingerprint density at radius 3 is 2.63 bits per heavy atom. The Bertz CT molecular complexity index is 1280. The zero-order valence-corrected chi connectivity index (χ0v) is 21.7. The van der Waals surface area contributed by atoms with Crippen molar-refractivity contribution < 1.29 is 19.4 Å². The van der Waals surface area contributed by atoms with E-state index >= 15 is 0 Å². The number of fused-ring (bicyclic) bond motifs is 1. The Labute approximate surface area is 214 Å². The highest BCUT2D eigenvalue weighted by Gasteiger charge is 2.35. The lowest BCUT2D eigenvalue weighted by Crippen LogP contribution is -2.36. The molecule has 1 aliphatic heterocycles. The van der Waals surface area contributed by atoms with Crippen molar-refractivity contribution in [2.45, 2.75) is 39.3 Å². The number of carbonyl (C=O) groups excluding carboxylic acids is 1. The molecule has 4 rings (SSSR count). The van der Waals surface area contributed by atoms with E-state index < -0.39 is 5.60 Å². The summed E-state index contributed by atoms with van der Waals surface area (Å²) in [6, 6.07) is 6.90. The molecule has 2 N–H and O–H groups in total. The van der Waals surface area contributed by atoms with Crippen molar-refractivity contribution in [3.8, 4) is 22.6 Å². The minimum atomic E-state index is -0.537. The van der Waals surface area contributed by atoms with Crippen molar-refractivity contribution in [1.82, 2.24) is 14.9 Å². The maximum atomic E-state index is 12.4. The first-order valence-electron chi connectivity index (χ1n) is 11.2. The summed E-state index contributed by atoms with van der Waals surface area (Å²) in [6.45, 7) is 8.74. The molecule has 186 valence electrons. The smallest absolute Gasteiger partial charge is 0.410 e. The summed E-state index contributed by atoms with van der Waals surface area (Å²) in [5.74, 6) is 0.882. The molecule has 2 aromatic carbocycles. The molecule has 8 nitrogen and oxygen atoms in total. The monoisotopic (exact) mass is 518 g/mol. The number of anilines is 1. The molecular formula is C25H28Cl2N4O4. The zero-order chi connectivity index (χ0) is 25.5. The second-order valence-corrected chi connectivity index (χ2v) is 10.4. The number of carbonyl (C=O) groups is 1. The molecule has 35 heavy (non-hydrogen) atoms. The van der Waals surface area contributed by atoms with Crippen molar-refractivity contribution in [2.24, 2.45) is 5.92 Å². The summed E-state index contributed by atoms with van der Waals surface area (Å²) in [7, 11) is 1.47. The fraction of sp³-hybridized carbons (Fsp3) is 0.400. The van der Waals surface area contributed by atoms with Gasteiger partial charge in [0.2, 0.25) is 5.95 Å². The Morgan fingerprint density at radius 1 is 1.20 bits per heavy atom. The van der Waals surface area contributed by atoms with Crippen LogP contribution in [0.1, 0.15) is 27.7 Å². The van der Waals surface area contributed by atoms with Crippen LogP contribution in [0.25, 0.3) is 22.0 Å². The fourth-order valence-electron chi connectivity index (χ4n) is 4.05. The van der Waals surface area contributed by atoms with Crippen LogP contribution in [0.2, 0.25) is 10.0 Å². The first-order valence-corrected chi connectivity index (χ1v) is 12.0. The summed E-state index contributed by atoms with van der Waals surface area (Å²) in [5, 5.41) is 14.7. The van der Waals surface area contributed by atoms with Crippen molar-refractivity contribution in [3.05, 3.63) is 40.5 Å². The van der Waals surface area contributed by atoms with Crippen LogP contribution in [-0.2, 0) is 4.74 Å². The van der Waals surface area contributed by atoms with Gasteiger partial charge in [-0.05, 0) is 44.4 Å². The normalized spacial score (nSPS) is 18.1. The number of nitrogens with zero attached hydrogens (tertiary/aromatic N) is 3. The van der Waals surface area contributed by atoms with E-state index in [1.165, 1.54) is 13.2 Å². The highest BCUT2D eigenvalue weighted by molar-refractivity contribution is 6.41. The van der Waals surface area contributed by atoms with Gasteiger partial charge >= 0.3 is 6.09 Å². The molecule has 0 unspecified atom stereocenters. The van der Waals surface area contributed by atoms with Crippen LogP contribution in [0.15, 0.2) is 30.5 Å². The van der Waals surface area contributed by atoms with Crippen LogP contribution in [-0.4, -0.2) is 57.9 Å². The molecule has 0 aliphatic carbocycles. The SMILES string of the molecule is COc1cc(O)c(Cl)c(-c2ccc3nc(N[C@@H]4CN(C(=O)OC(C)(C)C)C[C@H]4C)ncc3c2)c1Cl. The first-order chi connectivity index (χ1) is 16.5. The number of rotatable bonds is 4. The van der Waals surface area contributed by atoms with Crippen LogP contribution < -0.4 is 10.1 Å². The second-order valence-electron chi connectivity index (χ2n) is 9.68. The van der Waals surface area contributed by atoms with Gasteiger partial charge in [0, 0.05) is 36.3 Å². The van der Waals surface area contributed by atoms with E-state index in [-0.39, 0.29) is 28.8 Å². The number of methoxy groups -OCH3 is 1. The number of phenols is 1. The molecule has 3 aromatic rings. The average Bonchev–Trinajstić information content (AvgIpc) is 3.15. The largest absolute Gasteiger partial charge is 0.506 e. The number of nitrogens with one attached hydrogen (secondary N) is 1. The third-order valence-electron chi connectivity index (χ3n) is 5.81. The first kappa shape index (κ1) is 25.1. The van der Waals surface area contributed by atoms with E-state index in [2.05, 4.69) is 22.2 Å². The van der Waals surface area contributed by atoms with E-state index in [9.17, 15) is 9.90 Å². The van der Waals surface area contributed by atoms with Crippen LogP contribution in [0.5, 0.6) is 11.5 Å². The number of phenolic OH excluding ortho intramolecular Hbond substituents is 1. The number of hydrogen-bond acceptors (Lipinski definition) is 7. The van der Waals surface area contributed by atoms with Gasteiger partial charge < -0.3 is 24.8 Å². The van der Waals surface area contributed by atoms with Crippen LogP contribution >= 0.6 is 23.2 Å². The van der Waals surface area contributed by atoms with E-state index in [4.69, 9.17) is 32.7 Å². The van der Waals surface area contributed by atoms with E-state index in [1.807, 2.05) is 39.0 Å². The molecule has 0 saturated carbocycles. The van der Waals surface area contributed by atoms with Gasteiger partial charge in [0.25, 0.3) is 0 Å². The maximum Gasteiger partial charge on any atom is 0.410 e. The van der Waals surface area contributed by atoms with Crippen molar-refractivity contribution >= 4 is 46.1 Å². The molecule has 2 atom stereocenters. The predicted octanol–water partition coefficient (Wildman–Crippen LogP) is 5.99. The van der Waals surface area contributed by atoms with E-state index in [0.29, 0.717) is 40.9 Å². The number of aromatic nitrogens is 2. The Kier molecular flexibility index (Phi) is 6.88. The highest BCUT2D eigenvalue weighted by atomic mass is 35.5. The summed E-state index contributed by atoms with van der Waals surface area (Å²) >= 11 is 12.8. The van der Waals surface area contributed by atoms with E-state index in [1.54, 1.807) is 11.1 Å². The third-order valence-corrected chi connectivity index (χ3v) is 6.57. The Morgan fingerprint density at radius 2 is 1.94 bits per heavy atom. The molecule has 1 aromatic heterocycles. The zero-order valence-electron chi connectivity index (χ0n) is 20.2. The van der Waals surface area contributed by atoms with Crippen LogP contribution in [0.4, 0.5) is 10.7 Å². The number of aromatic hydroxyl groups is 1. The van der Waals surface area contributed by atoms with Crippen LogP contribution in [0.3, 0.4) is 0 Å². The van der Waals surface area contributed by atoms with Gasteiger partial charge in [-0.2, -0.15) is 0 Å². The summed E-state index contributed by atoms with van der Waals surface area (Å²) in [4.78, 5) is 23.3. The van der Waals surface area contributed by atoms with E-state index in [0.717, 1.165) is 10.9 Å². The minimum absolute atomic E-state index is 0.00314. The number of benzene rings is 2. The van der Waals surface area contributed by atoms with Gasteiger partial charge in [-0.15, -0.1) is 0 Å². The molecule has 10 heteroatoms. The Hall–Kier alpha value is -2.97. The lowest BCUT2D eigenvalue weighted by molar-refractivity contribution is 0.0288. The summed E-state index contributed by atoms with van der Waals surface area (Å²) in [6.07, 6.45) is 1.39. The minimum Gasteiger partial charge on any atom is -0.506 e. The third kappa shape index (κ3) is 5.33. The van der Waals surface area contributed by atoms with Crippen LogP contribution in [0, 0.1) is 5.92 Å². The lowest BCUT2D eigenvalue weighted by atomic mass is 10.0. The molecule has 1 fully saturated rings. The second kappa shape index (κ2) is 9.59. The van der Waals surface area contributed by atoms with Gasteiger partial charge in [-0.25, -0.2) is 14.8 Å². The molecular weight excluding hydrogens is 491 g/mol. The van der Waals surface area contributed by atoms with Crippen molar-refractivity contribution in [1.29, 1.82) is 0 Å². The number of hydrogen-bond donors (Lipinski definition) is 2. The summed E-state index contributed by atoms with van der Waals surface area (Å²) < 4.78 is 10.7. The number of halogens is 2. The quantitative estimate of drug-likeness (QED) is 0.437. The average molecular weight is 519 g/mol. The number of amides is 1. The van der Waals surface area contributed by atoms with Gasteiger partial charge in [-0.1, -0.05) is 36.2 Å². The van der Waals surface area contributed by atoms with Gasteiger partial charge in [0.1, 0.15) is 17.1 Å². The van der Waals surface area contributed by atoms with Gasteiger partial charge in [0.15, 0.2) is 0 Å². The van der Waals surface area contributed by atoms with Crippen molar-refractivity contribution in [2.75, 3.05) is 25.5 Å². The molecule has 0 radical (unpaired) electrons. The molecule has 2 heterocycles. The van der Waals surface area contributed by atoms with Gasteiger partial charge in [0.05, 0.1) is 28.7 Å². The maximum absolute atomic E-state index is 12.4. The highest BCUT2D eigenvalue weighted by Crippen LogP contribution is 2.45. The molecule has 1 aliphatic rings. The molecule has 0 bridgehead atoms. The lowest BCUT2D eigenvalue weighted by Gasteiger charge is -2.24. The number of likely N-dealkylation sites (tertiary alicyclic amines) is 1. The predicted molar refractivity (Wildman–Crippen MR) is 138 cm³/mol. The molecule has 0 spiro atoms. The van der Waals surface area contributed by atoms with Gasteiger partial charge in [-0.3, -0.25) is 0 Å². The molecule has 1 saturated heterocycles. The Balaban J connectivity index is 1.55. The summed E-state index contributed by atoms with van der Waals surface area (Å²) in [5.41, 5.74) is 1.35. The topological polar surface area (TPSA) is 96.8 Å². The number of ether oxygens (including phenoxy) is 2.